The van der Waals surface area contributed by atoms with Gasteiger partial charge in [0.05, 0.1) is 5.69 Å². The van der Waals surface area contributed by atoms with Crippen molar-refractivity contribution in [3.8, 4) is 5.69 Å². The summed E-state index contributed by atoms with van der Waals surface area (Å²) in [6, 6.07) is 19.6. The highest BCUT2D eigenvalue weighted by Gasteiger charge is 2.39. The summed E-state index contributed by atoms with van der Waals surface area (Å²) in [6.07, 6.45) is 4.92. The molecular formula is C22H19N5O2. The fraction of sp³-hybridized carbons (Fsp3) is 0.182. The molecule has 1 aliphatic heterocycles. The summed E-state index contributed by atoms with van der Waals surface area (Å²) in [6.45, 7) is 1.15. The van der Waals surface area contributed by atoms with Gasteiger partial charge in [-0.1, -0.05) is 41.6 Å². The van der Waals surface area contributed by atoms with Crippen molar-refractivity contribution in [2.24, 2.45) is 0 Å². The van der Waals surface area contributed by atoms with Gasteiger partial charge in [0, 0.05) is 42.9 Å². The lowest BCUT2D eigenvalue weighted by atomic mass is 9.88. The normalized spacial score (nSPS) is 18.8. The molecule has 1 amide bonds. The maximum atomic E-state index is 13.3. The summed E-state index contributed by atoms with van der Waals surface area (Å²) in [7, 11) is 0. The maximum absolute atomic E-state index is 13.3. The largest absolute Gasteiger partial charge is 0.343 e. The molecule has 144 valence electrons. The number of aromatic nitrogens is 4. The Morgan fingerprint density at radius 1 is 1.00 bits per heavy atom. The van der Waals surface area contributed by atoms with E-state index in [0.717, 1.165) is 5.69 Å². The average molecular weight is 385 g/mol. The first-order valence-electron chi connectivity index (χ1n) is 9.50. The SMILES string of the molecule is O=C(c1cccc(-n2cccn2)c1)N1C[C@H](c2ncon2)[C@H](c2ccccc2)C1. The van der Waals surface area contributed by atoms with Crippen LogP contribution in [-0.2, 0) is 0 Å². The van der Waals surface area contributed by atoms with Crippen molar-refractivity contribution in [1.82, 2.24) is 24.8 Å². The number of hydrogen-bond donors (Lipinski definition) is 0. The van der Waals surface area contributed by atoms with Crippen molar-refractivity contribution < 1.29 is 9.32 Å². The lowest BCUT2D eigenvalue weighted by Crippen LogP contribution is -2.29. The first-order valence-corrected chi connectivity index (χ1v) is 9.50. The molecule has 4 aromatic rings. The van der Waals surface area contributed by atoms with E-state index in [0.29, 0.717) is 24.5 Å². The molecule has 0 aliphatic carbocycles. The number of nitrogens with zero attached hydrogens (tertiary/aromatic N) is 5. The summed E-state index contributed by atoms with van der Waals surface area (Å²) in [5.41, 5.74) is 2.66. The van der Waals surface area contributed by atoms with E-state index in [2.05, 4.69) is 27.4 Å². The van der Waals surface area contributed by atoms with Crippen LogP contribution in [0.2, 0.25) is 0 Å². The zero-order valence-electron chi connectivity index (χ0n) is 15.6. The summed E-state index contributed by atoms with van der Waals surface area (Å²) in [5.74, 6) is 0.742. The van der Waals surface area contributed by atoms with Crippen molar-refractivity contribution in [2.45, 2.75) is 11.8 Å². The predicted octanol–water partition coefficient (Wildman–Crippen LogP) is 3.28. The standard InChI is InChI=1S/C22H19N5O2/c28-22(17-8-4-9-18(12-17)27-11-5-10-24-27)26-13-19(16-6-2-1-3-7-16)20(14-26)21-23-15-29-25-21/h1-12,15,19-20H,13-14H2/t19-,20-/m0/s1. The Morgan fingerprint density at radius 3 is 2.62 bits per heavy atom. The second kappa shape index (κ2) is 7.35. The van der Waals surface area contributed by atoms with Gasteiger partial charge in [0.15, 0.2) is 5.82 Å². The molecule has 0 N–H and O–H groups in total. The van der Waals surface area contributed by atoms with Crippen LogP contribution in [-0.4, -0.2) is 43.8 Å². The molecule has 0 spiro atoms. The number of rotatable bonds is 4. The number of hydrogen-bond acceptors (Lipinski definition) is 5. The Labute approximate surface area is 167 Å². The van der Waals surface area contributed by atoms with Crippen LogP contribution < -0.4 is 0 Å². The van der Waals surface area contributed by atoms with Crippen molar-refractivity contribution in [3.63, 3.8) is 0 Å². The van der Waals surface area contributed by atoms with Crippen LogP contribution in [0.25, 0.3) is 5.69 Å². The highest BCUT2D eigenvalue weighted by Crippen LogP contribution is 2.38. The molecule has 5 rings (SSSR count). The van der Waals surface area contributed by atoms with Crippen molar-refractivity contribution in [2.75, 3.05) is 13.1 Å². The minimum Gasteiger partial charge on any atom is -0.343 e. The monoisotopic (exact) mass is 385 g/mol. The quantitative estimate of drug-likeness (QED) is 0.539. The van der Waals surface area contributed by atoms with Crippen LogP contribution in [0.4, 0.5) is 0 Å². The van der Waals surface area contributed by atoms with Crippen LogP contribution in [0.5, 0.6) is 0 Å². The average Bonchev–Trinajstić information content (AvgIpc) is 3.55. The van der Waals surface area contributed by atoms with Gasteiger partial charge < -0.3 is 9.42 Å². The Kier molecular flexibility index (Phi) is 4.40. The topological polar surface area (TPSA) is 77.0 Å². The van der Waals surface area contributed by atoms with E-state index < -0.39 is 0 Å². The number of likely N-dealkylation sites (tertiary alicyclic amines) is 1. The van der Waals surface area contributed by atoms with Gasteiger partial charge in [-0.15, -0.1) is 0 Å². The molecule has 0 unspecified atom stereocenters. The molecule has 2 atom stereocenters. The van der Waals surface area contributed by atoms with Crippen LogP contribution in [0.3, 0.4) is 0 Å². The van der Waals surface area contributed by atoms with E-state index in [9.17, 15) is 4.79 Å². The number of carbonyl (C=O) groups excluding carboxylic acids is 1. The van der Waals surface area contributed by atoms with Crippen LogP contribution in [0.15, 0.2) is 84.0 Å². The molecule has 7 heteroatoms. The third-order valence-electron chi connectivity index (χ3n) is 5.41. The minimum atomic E-state index is -0.00840. The first kappa shape index (κ1) is 17.4. The predicted molar refractivity (Wildman–Crippen MR) is 106 cm³/mol. The second-order valence-electron chi connectivity index (χ2n) is 7.12. The van der Waals surface area contributed by atoms with E-state index in [1.807, 2.05) is 59.6 Å². The van der Waals surface area contributed by atoms with Crippen LogP contribution in [0.1, 0.15) is 33.6 Å². The third kappa shape index (κ3) is 3.31. The molecule has 29 heavy (non-hydrogen) atoms. The highest BCUT2D eigenvalue weighted by molar-refractivity contribution is 5.95. The number of amides is 1. The van der Waals surface area contributed by atoms with E-state index in [1.54, 1.807) is 10.9 Å². The molecule has 0 radical (unpaired) electrons. The maximum Gasteiger partial charge on any atom is 0.253 e. The molecule has 3 heterocycles. The molecule has 7 nitrogen and oxygen atoms in total. The number of benzene rings is 2. The van der Waals surface area contributed by atoms with Crippen molar-refractivity contribution in [3.05, 3.63) is 96.4 Å². The van der Waals surface area contributed by atoms with Gasteiger partial charge in [-0.05, 0) is 29.8 Å². The van der Waals surface area contributed by atoms with Crippen molar-refractivity contribution in [1.29, 1.82) is 0 Å². The van der Waals surface area contributed by atoms with Crippen LogP contribution in [0, 0.1) is 0 Å². The van der Waals surface area contributed by atoms with E-state index in [1.165, 1.54) is 12.0 Å². The van der Waals surface area contributed by atoms with Crippen LogP contribution >= 0.6 is 0 Å². The Balaban J connectivity index is 1.44. The van der Waals surface area contributed by atoms with Gasteiger partial charge in [-0.25, -0.2) is 4.68 Å². The lowest BCUT2D eigenvalue weighted by Gasteiger charge is -2.17. The van der Waals surface area contributed by atoms with E-state index in [4.69, 9.17) is 4.52 Å². The molecule has 2 aromatic heterocycles. The fourth-order valence-corrected chi connectivity index (χ4v) is 4.00. The second-order valence-corrected chi connectivity index (χ2v) is 7.12. The molecule has 1 fully saturated rings. The summed E-state index contributed by atoms with van der Waals surface area (Å²) in [5, 5.41) is 8.30. The van der Waals surface area contributed by atoms with Gasteiger partial charge in [0.2, 0.25) is 6.39 Å². The Bertz CT molecular complexity index is 1090. The van der Waals surface area contributed by atoms with Gasteiger partial charge >= 0.3 is 0 Å². The fourth-order valence-electron chi connectivity index (χ4n) is 4.00. The minimum absolute atomic E-state index is 0.00519. The van der Waals surface area contributed by atoms with Gasteiger partial charge in [0.1, 0.15) is 0 Å². The Hall–Kier alpha value is -3.74. The van der Waals surface area contributed by atoms with Gasteiger partial charge in [-0.2, -0.15) is 10.1 Å². The van der Waals surface area contributed by atoms with Gasteiger partial charge in [-0.3, -0.25) is 4.79 Å². The molecular weight excluding hydrogens is 366 g/mol. The smallest absolute Gasteiger partial charge is 0.253 e. The van der Waals surface area contributed by atoms with E-state index in [-0.39, 0.29) is 17.7 Å². The molecule has 1 aliphatic rings. The number of carbonyl (C=O) groups is 1. The molecule has 0 bridgehead atoms. The zero-order chi connectivity index (χ0) is 19.6. The molecule has 0 saturated carbocycles. The van der Waals surface area contributed by atoms with Crippen molar-refractivity contribution >= 4 is 5.91 Å². The zero-order valence-corrected chi connectivity index (χ0v) is 15.6. The van der Waals surface area contributed by atoms with Gasteiger partial charge in [0.25, 0.3) is 5.91 Å². The first-order chi connectivity index (χ1) is 14.3. The summed E-state index contributed by atoms with van der Waals surface area (Å²) < 4.78 is 6.72. The molecule has 2 aromatic carbocycles. The molecule has 1 saturated heterocycles. The Morgan fingerprint density at radius 2 is 1.86 bits per heavy atom. The summed E-state index contributed by atoms with van der Waals surface area (Å²) in [4.78, 5) is 19.4. The van der Waals surface area contributed by atoms with E-state index >= 15 is 0 Å². The lowest BCUT2D eigenvalue weighted by molar-refractivity contribution is 0.0788. The highest BCUT2D eigenvalue weighted by atomic mass is 16.5. The summed E-state index contributed by atoms with van der Waals surface area (Å²) >= 11 is 0. The third-order valence-corrected chi connectivity index (χ3v) is 5.41.